The molecule has 0 bridgehead atoms. The summed E-state index contributed by atoms with van der Waals surface area (Å²) in [5, 5.41) is 10.3. The van der Waals surface area contributed by atoms with Gasteiger partial charge in [-0.2, -0.15) is 0 Å². The van der Waals surface area contributed by atoms with Crippen molar-refractivity contribution in [2.24, 2.45) is 5.92 Å². The Morgan fingerprint density at radius 3 is 2.67 bits per heavy atom. The molecule has 18 heavy (non-hydrogen) atoms. The summed E-state index contributed by atoms with van der Waals surface area (Å²) in [4.78, 5) is 2.34. The minimum atomic E-state index is -0.463. The predicted octanol–water partition coefficient (Wildman–Crippen LogP) is 2.46. The van der Waals surface area contributed by atoms with Crippen LogP contribution in [0, 0.1) is 5.92 Å². The smallest absolute Gasteiger partial charge is 0.124 e. The van der Waals surface area contributed by atoms with Crippen LogP contribution >= 0.6 is 0 Å². The molecule has 1 atom stereocenters. The Labute approximate surface area is 109 Å². The molecule has 0 radical (unpaired) electrons. The number of ether oxygens (including phenoxy) is 1. The Morgan fingerprint density at radius 1 is 1.33 bits per heavy atom. The molecule has 1 heterocycles. The van der Waals surface area contributed by atoms with E-state index in [0.717, 1.165) is 30.3 Å². The molecule has 1 aliphatic rings. The summed E-state index contributed by atoms with van der Waals surface area (Å²) in [7, 11) is 1.65. The molecule has 1 unspecified atom stereocenters. The molecule has 0 aromatic heterocycles. The van der Waals surface area contributed by atoms with Crippen LogP contribution in [0.1, 0.15) is 31.4 Å². The zero-order chi connectivity index (χ0) is 13.0. The maximum absolute atomic E-state index is 10.3. The molecule has 3 heteroatoms. The van der Waals surface area contributed by atoms with E-state index in [4.69, 9.17) is 4.74 Å². The Bertz CT molecular complexity index is 373. The molecule has 1 aromatic rings. The van der Waals surface area contributed by atoms with Crippen molar-refractivity contribution in [2.75, 3.05) is 26.7 Å². The van der Waals surface area contributed by atoms with Gasteiger partial charge in [0.15, 0.2) is 0 Å². The second-order valence-electron chi connectivity index (χ2n) is 5.24. The van der Waals surface area contributed by atoms with Crippen LogP contribution in [-0.4, -0.2) is 36.8 Å². The van der Waals surface area contributed by atoms with Crippen LogP contribution < -0.4 is 4.74 Å². The molecular formula is C15H23NO2. The lowest BCUT2D eigenvalue weighted by Crippen LogP contribution is -2.36. The summed E-state index contributed by atoms with van der Waals surface area (Å²) in [5.41, 5.74) is 0.888. The number of rotatable bonds is 4. The van der Waals surface area contributed by atoms with Gasteiger partial charge in [0, 0.05) is 12.1 Å². The van der Waals surface area contributed by atoms with Crippen molar-refractivity contribution in [1.82, 2.24) is 4.90 Å². The van der Waals surface area contributed by atoms with E-state index in [0.29, 0.717) is 6.54 Å². The van der Waals surface area contributed by atoms with Gasteiger partial charge in [-0.05, 0) is 37.9 Å². The minimum Gasteiger partial charge on any atom is -0.496 e. The van der Waals surface area contributed by atoms with Gasteiger partial charge in [0.25, 0.3) is 0 Å². The maximum atomic E-state index is 10.3. The lowest BCUT2D eigenvalue weighted by atomic mass is 9.98. The van der Waals surface area contributed by atoms with Crippen LogP contribution in [0.25, 0.3) is 0 Å². The predicted molar refractivity (Wildman–Crippen MR) is 72.8 cm³/mol. The summed E-state index contributed by atoms with van der Waals surface area (Å²) in [6.07, 6.45) is 2.01. The summed E-state index contributed by atoms with van der Waals surface area (Å²) < 4.78 is 5.29. The number of nitrogens with zero attached hydrogens (tertiary/aromatic N) is 1. The van der Waals surface area contributed by atoms with Gasteiger partial charge in [0.2, 0.25) is 0 Å². The van der Waals surface area contributed by atoms with Crippen LogP contribution in [-0.2, 0) is 0 Å². The van der Waals surface area contributed by atoms with Crippen LogP contribution in [0.15, 0.2) is 24.3 Å². The van der Waals surface area contributed by atoms with E-state index in [9.17, 15) is 5.11 Å². The fourth-order valence-corrected chi connectivity index (χ4v) is 2.53. The minimum absolute atomic E-state index is 0.463. The highest BCUT2D eigenvalue weighted by Gasteiger charge is 2.20. The van der Waals surface area contributed by atoms with Gasteiger partial charge in [0.05, 0.1) is 13.2 Å². The van der Waals surface area contributed by atoms with Crippen molar-refractivity contribution >= 4 is 0 Å². The Balaban J connectivity index is 1.96. The molecule has 3 nitrogen and oxygen atoms in total. The summed E-state index contributed by atoms with van der Waals surface area (Å²) in [6.45, 7) is 5.18. The summed E-state index contributed by atoms with van der Waals surface area (Å²) >= 11 is 0. The second-order valence-corrected chi connectivity index (χ2v) is 5.24. The van der Waals surface area contributed by atoms with E-state index in [1.165, 1.54) is 12.8 Å². The molecule has 100 valence electrons. The van der Waals surface area contributed by atoms with E-state index in [1.807, 2.05) is 24.3 Å². The first-order chi connectivity index (χ1) is 8.70. The fourth-order valence-electron chi connectivity index (χ4n) is 2.53. The Hall–Kier alpha value is -1.06. The van der Waals surface area contributed by atoms with Crippen LogP contribution in [0.3, 0.4) is 0 Å². The number of benzene rings is 1. The third-order valence-corrected chi connectivity index (χ3v) is 3.81. The van der Waals surface area contributed by atoms with Gasteiger partial charge >= 0.3 is 0 Å². The molecule has 1 fully saturated rings. The van der Waals surface area contributed by atoms with Crippen LogP contribution in [0.2, 0.25) is 0 Å². The van der Waals surface area contributed by atoms with Crippen LogP contribution in [0.4, 0.5) is 0 Å². The molecular weight excluding hydrogens is 226 g/mol. The molecule has 0 aliphatic carbocycles. The van der Waals surface area contributed by atoms with Crippen molar-refractivity contribution in [1.29, 1.82) is 0 Å². The van der Waals surface area contributed by atoms with Gasteiger partial charge in [-0.25, -0.2) is 0 Å². The summed E-state index contributed by atoms with van der Waals surface area (Å²) in [6, 6.07) is 7.71. The number of likely N-dealkylation sites (tertiary alicyclic amines) is 1. The normalized spacial score (nSPS) is 19.7. The Morgan fingerprint density at radius 2 is 2.00 bits per heavy atom. The SMILES string of the molecule is COc1ccccc1C(O)CN1CCC(C)CC1. The molecule has 1 saturated heterocycles. The lowest BCUT2D eigenvalue weighted by molar-refractivity contribution is 0.0899. The first-order valence-electron chi connectivity index (χ1n) is 6.74. The zero-order valence-electron chi connectivity index (χ0n) is 11.3. The highest BCUT2D eigenvalue weighted by atomic mass is 16.5. The van der Waals surface area contributed by atoms with E-state index >= 15 is 0 Å². The Kier molecular flexibility index (Phi) is 4.61. The first kappa shape index (κ1) is 13.4. The number of para-hydroxylation sites is 1. The topological polar surface area (TPSA) is 32.7 Å². The molecule has 0 spiro atoms. The quantitative estimate of drug-likeness (QED) is 0.889. The summed E-state index contributed by atoms with van der Waals surface area (Å²) in [5.74, 6) is 1.60. The first-order valence-corrected chi connectivity index (χ1v) is 6.74. The monoisotopic (exact) mass is 249 g/mol. The fraction of sp³-hybridized carbons (Fsp3) is 0.600. The zero-order valence-corrected chi connectivity index (χ0v) is 11.3. The highest BCUT2D eigenvalue weighted by Crippen LogP contribution is 2.26. The average molecular weight is 249 g/mol. The van der Waals surface area contributed by atoms with E-state index < -0.39 is 6.10 Å². The van der Waals surface area contributed by atoms with Crippen molar-refractivity contribution in [3.8, 4) is 5.75 Å². The van der Waals surface area contributed by atoms with Gasteiger partial charge in [-0.1, -0.05) is 25.1 Å². The molecule has 0 amide bonds. The molecule has 2 rings (SSSR count). The number of hydrogen-bond donors (Lipinski definition) is 1. The lowest BCUT2D eigenvalue weighted by Gasteiger charge is -2.31. The van der Waals surface area contributed by atoms with Gasteiger partial charge in [-0.3, -0.25) is 0 Å². The number of hydrogen-bond acceptors (Lipinski definition) is 3. The van der Waals surface area contributed by atoms with Gasteiger partial charge in [-0.15, -0.1) is 0 Å². The van der Waals surface area contributed by atoms with Gasteiger partial charge < -0.3 is 14.7 Å². The van der Waals surface area contributed by atoms with Crippen molar-refractivity contribution in [3.63, 3.8) is 0 Å². The van der Waals surface area contributed by atoms with E-state index in [2.05, 4.69) is 11.8 Å². The maximum Gasteiger partial charge on any atom is 0.124 e. The number of methoxy groups -OCH3 is 1. The number of aliphatic hydroxyl groups is 1. The number of β-amino-alcohol motifs (C(OH)–C–C–N with tert-alkyl or cyclic N) is 1. The van der Waals surface area contributed by atoms with Crippen LogP contribution in [0.5, 0.6) is 5.75 Å². The standard InChI is InChI=1S/C15H23NO2/c1-12-7-9-16(10-8-12)11-14(17)13-5-3-4-6-15(13)18-2/h3-6,12,14,17H,7-11H2,1-2H3. The third-order valence-electron chi connectivity index (χ3n) is 3.81. The molecule has 1 aromatic carbocycles. The van der Waals surface area contributed by atoms with Crippen molar-refractivity contribution in [3.05, 3.63) is 29.8 Å². The van der Waals surface area contributed by atoms with Crippen molar-refractivity contribution in [2.45, 2.75) is 25.9 Å². The van der Waals surface area contributed by atoms with E-state index in [-0.39, 0.29) is 0 Å². The number of piperidine rings is 1. The highest BCUT2D eigenvalue weighted by molar-refractivity contribution is 5.35. The molecule has 1 N–H and O–H groups in total. The number of aliphatic hydroxyl groups excluding tert-OH is 1. The van der Waals surface area contributed by atoms with E-state index in [1.54, 1.807) is 7.11 Å². The average Bonchev–Trinajstić information content (AvgIpc) is 2.41. The molecule has 1 aliphatic heterocycles. The largest absolute Gasteiger partial charge is 0.496 e. The van der Waals surface area contributed by atoms with Crippen molar-refractivity contribution < 1.29 is 9.84 Å². The third kappa shape index (κ3) is 3.24. The molecule has 0 saturated carbocycles. The van der Waals surface area contributed by atoms with Gasteiger partial charge in [0.1, 0.15) is 5.75 Å². The second kappa shape index (κ2) is 6.21.